The summed E-state index contributed by atoms with van der Waals surface area (Å²) in [6.45, 7) is 7.83. The summed E-state index contributed by atoms with van der Waals surface area (Å²) in [5, 5.41) is 8.07. The fraction of sp³-hybridized carbons (Fsp3) is 0.368. The number of rotatable bonds is 7. The van der Waals surface area contributed by atoms with Gasteiger partial charge in [-0.25, -0.2) is 14.6 Å². The molecule has 0 spiro atoms. The molecule has 27 heavy (non-hydrogen) atoms. The van der Waals surface area contributed by atoms with Crippen LogP contribution in [0.25, 0.3) is 11.0 Å². The van der Waals surface area contributed by atoms with Gasteiger partial charge in [-0.05, 0) is 38.5 Å². The predicted octanol–water partition coefficient (Wildman–Crippen LogP) is 2.63. The minimum atomic E-state index is -0.202. The highest BCUT2D eigenvalue weighted by molar-refractivity contribution is 5.93. The normalized spacial score (nSPS) is 10.8. The highest BCUT2D eigenvalue weighted by Gasteiger charge is 2.16. The first-order valence-electron chi connectivity index (χ1n) is 8.93. The Morgan fingerprint density at radius 1 is 1.26 bits per heavy atom. The molecule has 142 valence electrons. The van der Waals surface area contributed by atoms with E-state index in [1.165, 1.54) is 6.33 Å². The first kappa shape index (κ1) is 18.6. The Hall–Kier alpha value is -3.16. The van der Waals surface area contributed by atoms with Crippen LogP contribution < -0.4 is 15.0 Å². The van der Waals surface area contributed by atoms with Gasteiger partial charge in [-0.2, -0.15) is 5.10 Å². The van der Waals surface area contributed by atoms with Crippen molar-refractivity contribution in [2.75, 3.05) is 30.4 Å². The number of amides is 1. The summed E-state index contributed by atoms with van der Waals surface area (Å²) in [7, 11) is 1.58. The fourth-order valence-electron chi connectivity index (χ4n) is 3.02. The maximum absolute atomic E-state index is 12.6. The van der Waals surface area contributed by atoms with Crippen LogP contribution in [0.5, 0.6) is 5.75 Å². The van der Waals surface area contributed by atoms with Crippen molar-refractivity contribution in [2.45, 2.75) is 27.3 Å². The molecule has 0 unspecified atom stereocenters. The van der Waals surface area contributed by atoms with Crippen molar-refractivity contribution in [2.24, 2.45) is 0 Å². The first-order valence-corrected chi connectivity index (χ1v) is 8.93. The third-order valence-electron chi connectivity index (χ3n) is 4.40. The van der Waals surface area contributed by atoms with Crippen molar-refractivity contribution in [3.8, 4) is 5.75 Å². The van der Waals surface area contributed by atoms with Gasteiger partial charge < -0.3 is 15.0 Å². The van der Waals surface area contributed by atoms with E-state index in [2.05, 4.69) is 39.1 Å². The summed E-state index contributed by atoms with van der Waals surface area (Å²) < 4.78 is 6.90. The number of carbonyl (C=O) groups excluding carboxylic acids is 1. The SMILES string of the molecule is CCN(CC)c1ncnc2c1cnn2CC(=O)Nc1cc(C)ccc1OC. The molecule has 3 aromatic rings. The zero-order valence-electron chi connectivity index (χ0n) is 16.1. The second-order valence-corrected chi connectivity index (χ2v) is 6.16. The van der Waals surface area contributed by atoms with E-state index >= 15 is 0 Å². The zero-order valence-corrected chi connectivity index (χ0v) is 16.1. The summed E-state index contributed by atoms with van der Waals surface area (Å²) in [4.78, 5) is 23.4. The highest BCUT2D eigenvalue weighted by atomic mass is 16.5. The van der Waals surface area contributed by atoms with Crippen molar-refractivity contribution < 1.29 is 9.53 Å². The second-order valence-electron chi connectivity index (χ2n) is 6.16. The van der Waals surface area contributed by atoms with Crippen LogP contribution in [0.2, 0.25) is 0 Å². The van der Waals surface area contributed by atoms with E-state index in [0.29, 0.717) is 17.1 Å². The highest BCUT2D eigenvalue weighted by Crippen LogP contribution is 2.26. The summed E-state index contributed by atoms with van der Waals surface area (Å²) in [5.74, 6) is 1.24. The van der Waals surface area contributed by atoms with Gasteiger partial charge in [0.25, 0.3) is 0 Å². The van der Waals surface area contributed by atoms with Crippen LogP contribution in [0.15, 0.2) is 30.7 Å². The molecule has 8 heteroatoms. The fourth-order valence-corrected chi connectivity index (χ4v) is 3.02. The number of anilines is 2. The molecule has 1 amide bonds. The number of benzene rings is 1. The summed E-state index contributed by atoms with van der Waals surface area (Å²) in [5.41, 5.74) is 2.31. The summed E-state index contributed by atoms with van der Waals surface area (Å²) in [6.07, 6.45) is 3.22. The van der Waals surface area contributed by atoms with Crippen LogP contribution in [0, 0.1) is 6.92 Å². The molecular formula is C19H24N6O2. The summed E-state index contributed by atoms with van der Waals surface area (Å²) in [6, 6.07) is 5.64. The number of fused-ring (bicyclic) bond motifs is 1. The maximum Gasteiger partial charge on any atom is 0.246 e. The standard InChI is InChI=1S/C19H24N6O2/c1-5-24(6-2)18-14-10-22-25(19(14)21-12-20-18)11-17(26)23-15-9-13(3)7-8-16(15)27-4/h7-10,12H,5-6,11H2,1-4H3,(H,23,26). The number of nitrogens with zero attached hydrogens (tertiary/aromatic N) is 5. The van der Waals surface area contributed by atoms with Gasteiger partial charge in [0.1, 0.15) is 24.4 Å². The molecule has 8 nitrogen and oxygen atoms in total. The average molecular weight is 368 g/mol. The monoisotopic (exact) mass is 368 g/mol. The predicted molar refractivity (Wildman–Crippen MR) is 105 cm³/mol. The third kappa shape index (κ3) is 3.84. The minimum absolute atomic E-state index is 0.0509. The van der Waals surface area contributed by atoms with Crippen LogP contribution in [0.1, 0.15) is 19.4 Å². The topological polar surface area (TPSA) is 85.2 Å². The lowest BCUT2D eigenvalue weighted by molar-refractivity contribution is -0.116. The van der Waals surface area contributed by atoms with Gasteiger partial charge in [0.05, 0.1) is 24.4 Å². The molecule has 0 bridgehead atoms. The number of aromatic nitrogens is 4. The van der Waals surface area contributed by atoms with Crippen LogP contribution in [0.3, 0.4) is 0 Å². The molecule has 2 aromatic heterocycles. The quantitative estimate of drug-likeness (QED) is 0.690. The minimum Gasteiger partial charge on any atom is -0.495 e. The number of nitrogens with one attached hydrogen (secondary N) is 1. The lowest BCUT2D eigenvalue weighted by Gasteiger charge is -2.19. The Kier molecular flexibility index (Phi) is 5.54. The number of methoxy groups -OCH3 is 1. The maximum atomic E-state index is 12.6. The smallest absolute Gasteiger partial charge is 0.246 e. The molecule has 0 atom stereocenters. The van der Waals surface area contributed by atoms with E-state index in [1.807, 2.05) is 25.1 Å². The summed E-state index contributed by atoms with van der Waals surface area (Å²) >= 11 is 0. The van der Waals surface area contributed by atoms with Gasteiger partial charge in [0.15, 0.2) is 5.65 Å². The van der Waals surface area contributed by atoms with Crippen LogP contribution >= 0.6 is 0 Å². The molecule has 3 rings (SSSR count). The lowest BCUT2D eigenvalue weighted by atomic mass is 10.2. The van der Waals surface area contributed by atoms with Crippen LogP contribution in [0.4, 0.5) is 11.5 Å². The van der Waals surface area contributed by atoms with Gasteiger partial charge >= 0.3 is 0 Å². The van der Waals surface area contributed by atoms with Gasteiger partial charge in [-0.15, -0.1) is 0 Å². The molecule has 0 saturated carbocycles. The van der Waals surface area contributed by atoms with Crippen molar-refractivity contribution in [1.29, 1.82) is 0 Å². The van der Waals surface area contributed by atoms with Gasteiger partial charge in [-0.3, -0.25) is 4.79 Å². The number of hydrogen-bond donors (Lipinski definition) is 1. The first-order chi connectivity index (χ1) is 13.1. The Bertz CT molecular complexity index is 949. The van der Waals surface area contributed by atoms with Crippen molar-refractivity contribution in [3.63, 3.8) is 0 Å². The van der Waals surface area contributed by atoms with Gasteiger partial charge in [0, 0.05) is 13.1 Å². The van der Waals surface area contributed by atoms with E-state index in [-0.39, 0.29) is 12.5 Å². The Morgan fingerprint density at radius 2 is 2.04 bits per heavy atom. The van der Waals surface area contributed by atoms with Crippen molar-refractivity contribution in [1.82, 2.24) is 19.7 Å². The molecule has 0 aliphatic rings. The van der Waals surface area contributed by atoms with Crippen LogP contribution in [-0.2, 0) is 11.3 Å². The largest absolute Gasteiger partial charge is 0.495 e. The lowest BCUT2D eigenvalue weighted by Crippen LogP contribution is -2.23. The van der Waals surface area contributed by atoms with Crippen LogP contribution in [-0.4, -0.2) is 45.9 Å². The van der Waals surface area contributed by atoms with Crippen molar-refractivity contribution >= 4 is 28.4 Å². The van der Waals surface area contributed by atoms with E-state index in [4.69, 9.17) is 4.74 Å². The molecular weight excluding hydrogens is 344 g/mol. The van der Waals surface area contributed by atoms with E-state index in [0.717, 1.165) is 29.9 Å². The van der Waals surface area contributed by atoms with E-state index < -0.39 is 0 Å². The number of carbonyl (C=O) groups is 1. The number of hydrogen-bond acceptors (Lipinski definition) is 6. The average Bonchev–Trinajstić information content (AvgIpc) is 3.06. The van der Waals surface area contributed by atoms with Gasteiger partial charge in [-0.1, -0.05) is 6.07 Å². The second kappa shape index (κ2) is 8.03. The Labute approximate surface area is 158 Å². The van der Waals surface area contributed by atoms with Crippen molar-refractivity contribution in [3.05, 3.63) is 36.3 Å². The molecule has 0 aliphatic heterocycles. The molecule has 1 aromatic carbocycles. The third-order valence-corrected chi connectivity index (χ3v) is 4.40. The molecule has 1 N–H and O–H groups in total. The molecule has 0 fully saturated rings. The number of aryl methyl sites for hydroxylation is 1. The molecule has 0 radical (unpaired) electrons. The molecule has 2 heterocycles. The van der Waals surface area contributed by atoms with E-state index in [9.17, 15) is 4.79 Å². The Balaban J connectivity index is 1.84. The van der Waals surface area contributed by atoms with Gasteiger partial charge in [0.2, 0.25) is 5.91 Å². The number of ether oxygens (including phenoxy) is 1. The zero-order chi connectivity index (χ0) is 19.4. The molecule has 0 aliphatic carbocycles. The van der Waals surface area contributed by atoms with E-state index in [1.54, 1.807) is 18.0 Å². The molecule has 0 saturated heterocycles. The Morgan fingerprint density at radius 3 is 2.74 bits per heavy atom.